The molecule has 0 aliphatic carbocycles. The summed E-state index contributed by atoms with van der Waals surface area (Å²) < 4.78 is 19.3. The molecule has 0 rings (SSSR count). The highest BCUT2D eigenvalue weighted by molar-refractivity contribution is 9.09. The van der Waals surface area contributed by atoms with E-state index in [0.29, 0.717) is 0 Å². The number of hydrogen-bond donors (Lipinski definition) is 0. The molecule has 0 aromatic rings. The summed E-state index contributed by atoms with van der Waals surface area (Å²) in [4.78, 5) is 0. The second kappa shape index (κ2) is 40.6. The van der Waals surface area contributed by atoms with E-state index in [1.165, 1.54) is 167 Å². The van der Waals surface area contributed by atoms with Gasteiger partial charge in [-0.05, 0) is 103 Å². The van der Waals surface area contributed by atoms with Crippen molar-refractivity contribution in [2.75, 3.05) is 18.5 Å². The maximum absolute atomic E-state index is 6.58. The Kier molecular flexibility index (Phi) is 40.4. The summed E-state index contributed by atoms with van der Waals surface area (Å²) in [6.07, 6.45) is 52.5. The lowest BCUT2D eigenvalue weighted by atomic mass is 10.1. The quantitative estimate of drug-likeness (QED) is 0.0204. The molecule has 0 saturated carbocycles. The van der Waals surface area contributed by atoms with Crippen LogP contribution >= 0.6 is 15.9 Å². The molecule has 0 saturated heterocycles. The number of alkyl halides is 1. The monoisotopic (exact) mass is 769 g/mol. The highest BCUT2D eigenvalue weighted by Gasteiger charge is 2.29. The fourth-order valence-electron chi connectivity index (χ4n) is 6.08. The second-order valence-electron chi connectivity index (χ2n) is 14.7. The zero-order chi connectivity index (χ0) is 35.8. The van der Waals surface area contributed by atoms with E-state index >= 15 is 0 Å². The average Bonchev–Trinajstić information content (AvgIpc) is 3.09. The third-order valence-corrected chi connectivity index (χ3v) is 11.5. The van der Waals surface area contributed by atoms with Gasteiger partial charge < -0.3 is 13.6 Å². The van der Waals surface area contributed by atoms with Crippen LogP contribution in [0.1, 0.15) is 206 Å². The molecule has 1 atom stereocenters. The second-order valence-corrected chi connectivity index (χ2v) is 18.8. The van der Waals surface area contributed by atoms with E-state index in [1.807, 2.05) is 0 Å². The van der Waals surface area contributed by atoms with Gasteiger partial charge in [-0.15, -0.1) is 0 Å². The van der Waals surface area contributed by atoms with Crippen molar-refractivity contribution in [3.05, 3.63) is 36.5 Å². The molecule has 5 heteroatoms. The van der Waals surface area contributed by atoms with Gasteiger partial charge >= 0.3 is 8.56 Å². The van der Waals surface area contributed by atoms with Gasteiger partial charge in [-0.3, -0.25) is 0 Å². The van der Waals surface area contributed by atoms with Crippen molar-refractivity contribution in [3.8, 4) is 0 Å². The van der Waals surface area contributed by atoms with Crippen molar-refractivity contribution in [1.29, 1.82) is 0 Å². The Morgan fingerprint density at radius 1 is 0.469 bits per heavy atom. The Hall–Kier alpha value is -0.203. The molecule has 49 heavy (non-hydrogen) atoms. The normalized spacial score (nSPS) is 13.2. The number of allylic oxidation sites excluding steroid dienone is 6. The number of unbranched alkanes of at least 4 members (excludes halogenated alkanes) is 23. The molecule has 0 bridgehead atoms. The molecule has 0 radical (unpaired) electrons. The van der Waals surface area contributed by atoms with Gasteiger partial charge in [-0.1, -0.05) is 169 Å². The summed E-state index contributed by atoms with van der Waals surface area (Å²) in [6.45, 7) is 10.6. The molecule has 290 valence electrons. The number of rotatable bonds is 40. The third kappa shape index (κ3) is 40.4. The SMILES string of the molecule is CCCCC/C=C\C/C=C\CCCCCCCC(OCCCCCCCC/C=C\CCCCCCCC)O[Si](C)(C)OCCCCCCBr. The molecule has 0 N–H and O–H groups in total. The van der Waals surface area contributed by atoms with Crippen LogP contribution in [0.4, 0.5) is 0 Å². The van der Waals surface area contributed by atoms with Gasteiger partial charge in [0, 0.05) is 18.5 Å². The van der Waals surface area contributed by atoms with Crippen LogP contribution in [-0.2, 0) is 13.6 Å². The fraction of sp³-hybridized carbons (Fsp3) is 0.864. The van der Waals surface area contributed by atoms with Crippen molar-refractivity contribution in [1.82, 2.24) is 0 Å². The average molecular weight is 770 g/mol. The molecule has 0 amide bonds. The number of halogens is 1. The van der Waals surface area contributed by atoms with E-state index in [4.69, 9.17) is 13.6 Å². The standard InChI is InChI=1S/C44H85BrO3Si/c1-5-7-9-11-13-15-17-19-21-23-25-27-29-31-34-38-42-46-44(48-49(3,4)47-43-39-35-33-37-41-45)40-36-32-30-28-26-24-22-20-18-16-14-12-10-8-6-2/h14,16,19-22,44H,5-13,15,17-18,23-43H2,1-4H3/b16-14-,21-19-,22-20-. The predicted octanol–water partition coefficient (Wildman–Crippen LogP) is 15.9. The van der Waals surface area contributed by atoms with E-state index in [2.05, 4.69) is 79.3 Å². The van der Waals surface area contributed by atoms with E-state index in [0.717, 1.165) is 44.2 Å². The van der Waals surface area contributed by atoms with Gasteiger partial charge in [-0.25, -0.2) is 0 Å². The first-order chi connectivity index (χ1) is 24.1. The molecule has 0 heterocycles. The summed E-state index contributed by atoms with van der Waals surface area (Å²) in [5.74, 6) is 0. The maximum Gasteiger partial charge on any atom is 0.333 e. The smallest absolute Gasteiger partial charge is 0.333 e. The van der Waals surface area contributed by atoms with Crippen LogP contribution in [0.5, 0.6) is 0 Å². The lowest BCUT2D eigenvalue weighted by Gasteiger charge is -2.29. The van der Waals surface area contributed by atoms with Crippen LogP contribution in [-0.4, -0.2) is 33.4 Å². The Morgan fingerprint density at radius 2 is 0.878 bits per heavy atom. The molecular weight excluding hydrogens is 684 g/mol. The first-order valence-electron chi connectivity index (χ1n) is 21.5. The molecule has 3 nitrogen and oxygen atoms in total. The molecule has 0 spiro atoms. The zero-order valence-corrected chi connectivity index (χ0v) is 36.1. The summed E-state index contributed by atoms with van der Waals surface area (Å²) in [5, 5.41) is 1.10. The zero-order valence-electron chi connectivity index (χ0n) is 33.5. The van der Waals surface area contributed by atoms with Gasteiger partial charge in [0.2, 0.25) is 0 Å². The van der Waals surface area contributed by atoms with Crippen LogP contribution < -0.4 is 0 Å². The molecule has 1 unspecified atom stereocenters. The van der Waals surface area contributed by atoms with Gasteiger partial charge in [0.05, 0.1) is 0 Å². The van der Waals surface area contributed by atoms with Gasteiger partial charge in [0.25, 0.3) is 0 Å². The third-order valence-electron chi connectivity index (χ3n) is 9.24. The van der Waals surface area contributed by atoms with Crippen LogP contribution in [0.3, 0.4) is 0 Å². The van der Waals surface area contributed by atoms with Crippen molar-refractivity contribution in [2.24, 2.45) is 0 Å². The van der Waals surface area contributed by atoms with Crippen LogP contribution in [0, 0.1) is 0 Å². The Labute approximate surface area is 317 Å². The number of hydrogen-bond acceptors (Lipinski definition) is 3. The minimum atomic E-state index is -2.21. The predicted molar refractivity (Wildman–Crippen MR) is 225 cm³/mol. The molecular formula is C44H85BrO3Si. The first kappa shape index (κ1) is 48.8. The van der Waals surface area contributed by atoms with Crippen molar-refractivity contribution < 1.29 is 13.6 Å². The van der Waals surface area contributed by atoms with Crippen LogP contribution in [0.15, 0.2) is 36.5 Å². The van der Waals surface area contributed by atoms with Gasteiger partial charge in [-0.2, -0.15) is 0 Å². The minimum absolute atomic E-state index is 0.115. The van der Waals surface area contributed by atoms with Crippen LogP contribution in [0.25, 0.3) is 0 Å². The first-order valence-corrected chi connectivity index (χ1v) is 25.4. The Bertz CT molecular complexity index is 723. The highest BCUT2D eigenvalue weighted by Crippen LogP contribution is 2.19. The summed E-state index contributed by atoms with van der Waals surface area (Å²) in [7, 11) is -2.21. The van der Waals surface area contributed by atoms with Gasteiger partial charge in [0.1, 0.15) is 6.29 Å². The minimum Gasteiger partial charge on any atom is -0.394 e. The van der Waals surface area contributed by atoms with E-state index in [9.17, 15) is 0 Å². The molecule has 0 aromatic carbocycles. The molecule has 0 aliphatic rings. The molecule has 0 fully saturated rings. The van der Waals surface area contributed by atoms with E-state index in [1.54, 1.807) is 0 Å². The highest BCUT2D eigenvalue weighted by atomic mass is 79.9. The van der Waals surface area contributed by atoms with Crippen molar-refractivity contribution >= 4 is 24.5 Å². The lowest BCUT2D eigenvalue weighted by Crippen LogP contribution is -2.40. The Morgan fingerprint density at radius 3 is 1.43 bits per heavy atom. The molecule has 0 aliphatic heterocycles. The fourth-order valence-corrected chi connectivity index (χ4v) is 8.00. The van der Waals surface area contributed by atoms with Crippen LogP contribution in [0.2, 0.25) is 13.1 Å². The number of ether oxygens (including phenoxy) is 1. The van der Waals surface area contributed by atoms with Crippen molar-refractivity contribution in [3.63, 3.8) is 0 Å². The molecule has 0 aromatic heterocycles. The Balaban J connectivity index is 4.17. The summed E-state index contributed by atoms with van der Waals surface area (Å²) in [5.41, 5.74) is 0. The van der Waals surface area contributed by atoms with E-state index < -0.39 is 8.56 Å². The topological polar surface area (TPSA) is 27.7 Å². The van der Waals surface area contributed by atoms with Crippen molar-refractivity contribution in [2.45, 2.75) is 226 Å². The lowest BCUT2D eigenvalue weighted by molar-refractivity contribution is -0.104. The summed E-state index contributed by atoms with van der Waals surface area (Å²) in [6, 6.07) is 0. The largest absolute Gasteiger partial charge is 0.394 e. The summed E-state index contributed by atoms with van der Waals surface area (Å²) >= 11 is 3.53. The maximum atomic E-state index is 6.58. The van der Waals surface area contributed by atoms with Gasteiger partial charge in [0.15, 0.2) is 0 Å². The van der Waals surface area contributed by atoms with E-state index in [-0.39, 0.29) is 6.29 Å².